The maximum Gasteiger partial charge on any atom is 0.303 e. The molecule has 1 aliphatic heterocycles. The first-order valence-corrected chi connectivity index (χ1v) is 7.97. The summed E-state index contributed by atoms with van der Waals surface area (Å²) in [6.45, 7) is 4.40. The fourth-order valence-corrected chi connectivity index (χ4v) is 3.22. The smallest absolute Gasteiger partial charge is 0.303 e. The number of methoxy groups -OCH3 is 1. The Morgan fingerprint density at radius 1 is 1.26 bits per heavy atom. The lowest BCUT2D eigenvalue weighted by atomic mass is 9.85. The van der Waals surface area contributed by atoms with E-state index in [1.807, 2.05) is 43.0 Å². The molecule has 1 fully saturated rings. The Balaban J connectivity index is 2.08. The van der Waals surface area contributed by atoms with Gasteiger partial charge in [0.15, 0.2) is 0 Å². The van der Waals surface area contributed by atoms with Crippen molar-refractivity contribution in [2.24, 2.45) is 5.41 Å². The topological polar surface area (TPSA) is 66.8 Å². The molecule has 1 atom stereocenters. The van der Waals surface area contributed by atoms with Gasteiger partial charge in [0.25, 0.3) is 0 Å². The van der Waals surface area contributed by atoms with E-state index in [0.717, 1.165) is 30.7 Å². The first-order chi connectivity index (χ1) is 10.8. The zero-order valence-corrected chi connectivity index (χ0v) is 14.0. The minimum Gasteiger partial charge on any atom is -0.497 e. The Bertz CT molecular complexity index is 565. The summed E-state index contributed by atoms with van der Waals surface area (Å²) in [4.78, 5) is 25.5. The zero-order valence-electron chi connectivity index (χ0n) is 14.0. The van der Waals surface area contributed by atoms with Gasteiger partial charge in [-0.3, -0.25) is 9.59 Å². The van der Waals surface area contributed by atoms with Crippen molar-refractivity contribution < 1.29 is 19.4 Å². The van der Waals surface area contributed by atoms with Gasteiger partial charge in [0.05, 0.1) is 19.6 Å². The lowest BCUT2D eigenvalue weighted by Crippen LogP contribution is -2.34. The van der Waals surface area contributed by atoms with E-state index in [4.69, 9.17) is 9.84 Å². The van der Waals surface area contributed by atoms with Gasteiger partial charge in [-0.05, 0) is 36.0 Å². The van der Waals surface area contributed by atoms with E-state index in [9.17, 15) is 9.59 Å². The molecule has 2 rings (SSSR count). The quantitative estimate of drug-likeness (QED) is 0.874. The van der Waals surface area contributed by atoms with Crippen molar-refractivity contribution in [1.82, 2.24) is 4.90 Å². The van der Waals surface area contributed by atoms with Crippen LogP contribution >= 0.6 is 0 Å². The van der Waals surface area contributed by atoms with Crippen LogP contribution in [0.1, 0.15) is 51.1 Å². The van der Waals surface area contributed by atoms with Gasteiger partial charge in [0.2, 0.25) is 5.91 Å². The molecule has 0 radical (unpaired) electrons. The van der Waals surface area contributed by atoms with Crippen molar-refractivity contribution in [1.29, 1.82) is 0 Å². The van der Waals surface area contributed by atoms with Crippen molar-refractivity contribution in [2.75, 3.05) is 13.7 Å². The Morgan fingerprint density at radius 3 is 2.48 bits per heavy atom. The monoisotopic (exact) mass is 319 g/mol. The summed E-state index contributed by atoms with van der Waals surface area (Å²) in [5, 5.41) is 8.97. The maximum absolute atomic E-state index is 12.7. The summed E-state index contributed by atoms with van der Waals surface area (Å²) >= 11 is 0. The predicted molar refractivity (Wildman–Crippen MR) is 87.3 cm³/mol. The highest BCUT2D eigenvalue weighted by molar-refractivity contribution is 5.79. The molecule has 5 nitrogen and oxygen atoms in total. The van der Waals surface area contributed by atoms with Gasteiger partial charge in [0.1, 0.15) is 5.75 Å². The van der Waals surface area contributed by atoms with Gasteiger partial charge in [-0.15, -0.1) is 0 Å². The van der Waals surface area contributed by atoms with Crippen molar-refractivity contribution in [3.8, 4) is 5.75 Å². The molecule has 1 heterocycles. The summed E-state index contributed by atoms with van der Waals surface area (Å²) in [5.41, 5.74) is 0.573. The molecule has 126 valence electrons. The lowest BCUT2D eigenvalue weighted by molar-refractivity contribution is -0.141. The summed E-state index contributed by atoms with van der Waals surface area (Å²) in [7, 11) is 1.63. The summed E-state index contributed by atoms with van der Waals surface area (Å²) in [6, 6.07) is 7.89. The molecule has 0 aliphatic carbocycles. The Morgan fingerprint density at radius 2 is 1.91 bits per heavy atom. The number of aliphatic carboxylic acids is 1. The van der Waals surface area contributed by atoms with Crippen LogP contribution in [0.2, 0.25) is 0 Å². The van der Waals surface area contributed by atoms with Crippen LogP contribution in [0.3, 0.4) is 0 Å². The van der Waals surface area contributed by atoms with Gasteiger partial charge in [-0.1, -0.05) is 26.0 Å². The Labute approximate surface area is 137 Å². The number of rotatable bonds is 6. The second kappa shape index (κ2) is 7.02. The van der Waals surface area contributed by atoms with Gasteiger partial charge in [-0.25, -0.2) is 0 Å². The molecule has 1 unspecified atom stereocenters. The molecule has 1 amide bonds. The molecule has 1 aromatic rings. The molecule has 1 saturated heterocycles. The number of carboxylic acids is 1. The summed E-state index contributed by atoms with van der Waals surface area (Å²) < 4.78 is 5.17. The zero-order chi connectivity index (χ0) is 17.0. The van der Waals surface area contributed by atoms with Gasteiger partial charge in [-0.2, -0.15) is 0 Å². The normalized spacial score (nSPS) is 18.0. The van der Waals surface area contributed by atoms with Crippen LogP contribution in [0.5, 0.6) is 5.75 Å². The number of hydrogen-bond acceptors (Lipinski definition) is 3. The number of hydrogen-bond donors (Lipinski definition) is 1. The Kier molecular flexibility index (Phi) is 5.29. The summed E-state index contributed by atoms with van der Waals surface area (Å²) in [6.07, 6.45) is 2.17. The van der Waals surface area contributed by atoms with Crippen LogP contribution < -0.4 is 4.74 Å². The molecule has 1 N–H and O–H groups in total. The van der Waals surface area contributed by atoms with E-state index in [2.05, 4.69) is 0 Å². The van der Waals surface area contributed by atoms with Crippen LogP contribution in [-0.2, 0) is 9.59 Å². The number of carboxylic acid groups (broad SMARTS) is 1. The van der Waals surface area contributed by atoms with Crippen LogP contribution in [0.15, 0.2) is 24.3 Å². The van der Waals surface area contributed by atoms with Crippen LogP contribution in [-0.4, -0.2) is 35.5 Å². The SMILES string of the molecule is COc1ccc(C2CCCN2C(=O)CC(C)(C)CC(=O)O)cc1. The molecule has 0 spiro atoms. The molecule has 23 heavy (non-hydrogen) atoms. The molecule has 1 aromatic carbocycles. The third kappa shape index (κ3) is 4.47. The van der Waals surface area contributed by atoms with Gasteiger partial charge < -0.3 is 14.7 Å². The van der Waals surface area contributed by atoms with E-state index in [1.54, 1.807) is 7.11 Å². The molecule has 0 saturated carbocycles. The number of amides is 1. The minimum absolute atomic E-state index is 0.000216. The summed E-state index contributed by atoms with van der Waals surface area (Å²) in [5.74, 6) is -0.0299. The van der Waals surface area contributed by atoms with E-state index >= 15 is 0 Å². The third-order valence-corrected chi connectivity index (χ3v) is 4.33. The van der Waals surface area contributed by atoms with Crippen LogP contribution in [0.4, 0.5) is 0 Å². The average Bonchev–Trinajstić information content (AvgIpc) is 2.95. The minimum atomic E-state index is -0.865. The van der Waals surface area contributed by atoms with Crippen LogP contribution in [0, 0.1) is 5.41 Å². The predicted octanol–water partition coefficient (Wildman–Crippen LogP) is 3.25. The fraction of sp³-hybridized carbons (Fsp3) is 0.556. The lowest BCUT2D eigenvalue weighted by Gasteiger charge is -2.29. The average molecular weight is 319 g/mol. The van der Waals surface area contributed by atoms with E-state index in [1.165, 1.54) is 0 Å². The highest BCUT2D eigenvalue weighted by Crippen LogP contribution is 2.35. The standard InChI is InChI=1S/C18H25NO4/c1-18(2,12-17(21)22)11-16(20)19-10-4-5-15(19)13-6-8-14(23-3)9-7-13/h6-9,15H,4-5,10-12H2,1-3H3,(H,21,22). The third-order valence-electron chi connectivity index (χ3n) is 4.33. The van der Waals surface area contributed by atoms with E-state index in [-0.39, 0.29) is 24.8 Å². The van der Waals surface area contributed by atoms with Gasteiger partial charge >= 0.3 is 5.97 Å². The molecule has 1 aliphatic rings. The van der Waals surface area contributed by atoms with E-state index in [0.29, 0.717) is 0 Å². The van der Waals surface area contributed by atoms with Crippen molar-refractivity contribution in [3.63, 3.8) is 0 Å². The second-order valence-corrected chi connectivity index (χ2v) is 6.93. The van der Waals surface area contributed by atoms with Crippen molar-refractivity contribution in [3.05, 3.63) is 29.8 Å². The Hall–Kier alpha value is -2.04. The number of benzene rings is 1. The molecule has 0 bridgehead atoms. The highest BCUT2D eigenvalue weighted by Gasteiger charge is 2.33. The maximum atomic E-state index is 12.7. The second-order valence-electron chi connectivity index (χ2n) is 6.93. The molecular weight excluding hydrogens is 294 g/mol. The number of carbonyl (C=O) groups is 2. The number of likely N-dealkylation sites (tertiary alicyclic amines) is 1. The number of nitrogens with zero attached hydrogens (tertiary/aromatic N) is 1. The van der Waals surface area contributed by atoms with Crippen molar-refractivity contribution >= 4 is 11.9 Å². The highest BCUT2D eigenvalue weighted by atomic mass is 16.5. The number of ether oxygens (including phenoxy) is 1. The largest absolute Gasteiger partial charge is 0.497 e. The number of carbonyl (C=O) groups excluding carboxylic acids is 1. The van der Waals surface area contributed by atoms with Crippen LogP contribution in [0.25, 0.3) is 0 Å². The molecular formula is C18H25NO4. The molecule has 5 heteroatoms. The van der Waals surface area contributed by atoms with E-state index < -0.39 is 11.4 Å². The molecule has 0 aromatic heterocycles. The van der Waals surface area contributed by atoms with Crippen molar-refractivity contribution in [2.45, 2.75) is 45.6 Å². The fourth-order valence-electron chi connectivity index (χ4n) is 3.22. The first kappa shape index (κ1) is 17.3. The van der Waals surface area contributed by atoms with Gasteiger partial charge in [0, 0.05) is 13.0 Å². The first-order valence-electron chi connectivity index (χ1n) is 7.97.